The summed E-state index contributed by atoms with van der Waals surface area (Å²) in [6.45, 7) is 2.47. The number of cyclic esters (lactones) is 1. The van der Waals surface area contributed by atoms with Crippen molar-refractivity contribution in [2.75, 3.05) is 13.2 Å². The van der Waals surface area contributed by atoms with Crippen LogP contribution in [0.5, 0.6) is 0 Å². The van der Waals surface area contributed by atoms with Gasteiger partial charge in [0, 0.05) is 20.0 Å². The third-order valence-corrected chi connectivity index (χ3v) is 5.19. The first kappa shape index (κ1) is 25.9. The first-order valence-corrected chi connectivity index (χ1v) is 10.8. The molecule has 3 atom stereocenters. The second-order valence-electron chi connectivity index (χ2n) is 7.83. The normalized spacial score (nSPS) is 17.5. The van der Waals surface area contributed by atoms with Crippen LogP contribution in [0.4, 0.5) is 4.79 Å². The Morgan fingerprint density at radius 2 is 1.88 bits per heavy atom. The lowest BCUT2D eigenvalue weighted by atomic mass is 9.97. The number of ketones is 2. The van der Waals surface area contributed by atoms with Crippen molar-refractivity contribution in [3.05, 3.63) is 48.0 Å². The van der Waals surface area contributed by atoms with Crippen LogP contribution in [0.2, 0.25) is 0 Å². The lowest BCUT2D eigenvalue weighted by Gasteiger charge is -2.26. The zero-order valence-corrected chi connectivity index (χ0v) is 18.8. The van der Waals surface area contributed by atoms with E-state index in [0.717, 1.165) is 29.5 Å². The van der Waals surface area contributed by atoms with E-state index in [-0.39, 0.29) is 25.4 Å². The van der Waals surface area contributed by atoms with Crippen LogP contribution in [0, 0.1) is 5.92 Å². The molecule has 1 aliphatic heterocycles. The minimum atomic E-state index is -1.50. The van der Waals surface area contributed by atoms with E-state index in [2.05, 4.69) is 0 Å². The number of carbonyl (C=O) groups excluding carboxylic acids is 5. The Labute approximate surface area is 192 Å². The molecule has 0 spiro atoms. The summed E-state index contributed by atoms with van der Waals surface area (Å²) in [6, 6.07) is 8.70. The molecule has 0 aliphatic carbocycles. The highest BCUT2D eigenvalue weighted by Gasteiger charge is 2.43. The number of hydrogen-bond donors (Lipinski definition) is 1. The average Bonchev–Trinajstić information content (AvgIpc) is 3.15. The number of rotatable bonds is 12. The molecule has 2 rings (SSSR count). The summed E-state index contributed by atoms with van der Waals surface area (Å²) in [5.41, 5.74) is 0.904. The van der Waals surface area contributed by atoms with Gasteiger partial charge in [-0.15, -0.1) is 0 Å². The number of aliphatic hydroxyl groups excluding tert-OH is 1. The summed E-state index contributed by atoms with van der Waals surface area (Å²) < 4.78 is 10.2. The molecular weight excluding hydrogens is 430 g/mol. The van der Waals surface area contributed by atoms with Gasteiger partial charge in [-0.2, -0.15) is 0 Å². The summed E-state index contributed by atoms with van der Waals surface area (Å²) in [5.74, 6) is -3.74. The van der Waals surface area contributed by atoms with E-state index in [9.17, 15) is 24.0 Å². The van der Waals surface area contributed by atoms with E-state index >= 15 is 0 Å². The smallest absolute Gasteiger partial charge is 0.416 e. The number of amides is 2. The molecule has 1 heterocycles. The summed E-state index contributed by atoms with van der Waals surface area (Å²) >= 11 is 0. The number of hydrogen-bond acceptors (Lipinski definition) is 8. The van der Waals surface area contributed by atoms with Crippen LogP contribution in [0.3, 0.4) is 0 Å². The van der Waals surface area contributed by atoms with Gasteiger partial charge in [0.1, 0.15) is 6.61 Å². The van der Waals surface area contributed by atoms with Crippen molar-refractivity contribution >= 4 is 29.5 Å². The Hall–Kier alpha value is -3.33. The van der Waals surface area contributed by atoms with Crippen molar-refractivity contribution in [3.63, 3.8) is 0 Å². The fourth-order valence-corrected chi connectivity index (χ4v) is 3.47. The number of imide groups is 1. The SMILES string of the molecule is CC(=O)OC(C(=O)C=CC(=O)CCCCO)C(C)C(=O)N1C(=O)OCC1Cc1ccccc1. The number of carbonyl (C=O) groups is 5. The topological polar surface area (TPSA) is 127 Å². The predicted molar refractivity (Wildman–Crippen MR) is 117 cm³/mol. The first-order chi connectivity index (χ1) is 15.7. The molecule has 1 aromatic carbocycles. The Balaban J connectivity index is 2.14. The molecule has 2 amide bonds. The van der Waals surface area contributed by atoms with E-state index in [0.29, 0.717) is 19.3 Å². The van der Waals surface area contributed by atoms with Gasteiger partial charge in [-0.3, -0.25) is 19.2 Å². The molecule has 1 fully saturated rings. The van der Waals surface area contributed by atoms with Crippen molar-refractivity contribution in [1.82, 2.24) is 4.90 Å². The number of allylic oxidation sites excluding steroid dienone is 1. The van der Waals surface area contributed by atoms with Crippen LogP contribution in [0.15, 0.2) is 42.5 Å². The fraction of sp³-hybridized carbons (Fsp3) is 0.458. The maximum atomic E-state index is 13.2. The molecule has 1 aliphatic rings. The first-order valence-electron chi connectivity index (χ1n) is 10.8. The number of esters is 1. The minimum absolute atomic E-state index is 0.0145. The lowest BCUT2D eigenvalue weighted by molar-refractivity contribution is -0.158. The van der Waals surface area contributed by atoms with E-state index in [4.69, 9.17) is 14.6 Å². The fourth-order valence-electron chi connectivity index (χ4n) is 3.47. The molecule has 0 radical (unpaired) electrons. The van der Waals surface area contributed by atoms with Gasteiger partial charge >= 0.3 is 12.1 Å². The van der Waals surface area contributed by atoms with Gasteiger partial charge in [0.15, 0.2) is 17.7 Å². The molecule has 0 aromatic heterocycles. The predicted octanol–water partition coefficient (Wildman–Crippen LogP) is 2.00. The summed E-state index contributed by atoms with van der Waals surface area (Å²) in [6.07, 6.45) is 1.18. The highest BCUT2D eigenvalue weighted by molar-refractivity contribution is 6.04. The number of unbranched alkanes of at least 4 members (excludes halogenated alkanes) is 1. The van der Waals surface area contributed by atoms with Gasteiger partial charge in [-0.1, -0.05) is 30.3 Å². The standard InChI is InChI=1S/C24H29NO8/c1-16(22(33-17(2)27)21(29)12-11-20(28)10-6-7-13-26)23(30)25-19(15-32-24(25)31)14-18-8-4-3-5-9-18/h3-5,8-9,11-12,16,19,22,26H,6-7,10,13-15H2,1-2H3. The molecule has 3 unspecified atom stereocenters. The molecule has 1 saturated heterocycles. The van der Waals surface area contributed by atoms with Crippen LogP contribution in [0.25, 0.3) is 0 Å². The summed E-state index contributed by atoms with van der Waals surface area (Å²) in [7, 11) is 0. The maximum absolute atomic E-state index is 13.2. The minimum Gasteiger partial charge on any atom is -0.453 e. The largest absolute Gasteiger partial charge is 0.453 e. The molecule has 1 N–H and O–H groups in total. The van der Waals surface area contributed by atoms with Crippen molar-refractivity contribution in [2.45, 2.75) is 51.7 Å². The van der Waals surface area contributed by atoms with Gasteiger partial charge in [0.25, 0.3) is 0 Å². The van der Waals surface area contributed by atoms with Crippen LogP contribution in [-0.4, -0.2) is 64.9 Å². The highest BCUT2D eigenvalue weighted by Crippen LogP contribution is 2.23. The maximum Gasteiger partial charge on any atom is 0.416 e. The second-order valence-corrected chi connectivity index (χ2v) is 7.83. The van der Waals surface area contributed by atoms with E-state index < -0.39 is 41.8 Å². The van der Waals surface area contributed by atoms with E-state index in [1.54, 1.807) is 0 Å². The third-order valence-electron chi connectivity index (χ3n) is 5.19. The Kier molecular flexibility index (Phi) is 9.93. The Morgan fingerprint density at radius 3 is 2.52 bits per heavy atom. The quantitative estimate of drug-likeness (QED) is 0.286. The van der Waals surface area contributed by atoms with Crippen molar-refractivity contribution < 1.29 is 38.6 Å². The second kappa shape index (κ2) is 12.6. The molecule has 9 heteroatoms. The van der Waals surface area contributed by atoms with E-state index in [1.807, 2.05) is 30.3 Å². The Morgan fingerprint density at radius 1 is 1.18 bits per heavy atom. The zero-order chi connectivity index (χ0) is 24.4. The third kappa shape index (κ3) is 7.64. The summed E-state index contributed by atoms with van der Waals surface area (Å²) in [5, 5.41) is 8.78. The van der Waals surface area contributed by atoms with Crippen molar-refractivity contribution in [3.8, 4) is 0 Å². The van der Waals surface area contributed by atoms with Gasteiger partial charge in [-0.25, -0.2) is 9.69 Å². The van der Waals surface area contributed by atoms with Crippen molar-refractivity contribution in [2.24, 2.45) is 5.92 Å². The Bertz CT molecular complexity index is 895. The molecule has 1 aromatic rings. The summed E-state index contributed by atoms with van der Waals surface area (Å²) in [4.78, 5) is 62.6. The van der Waals surface area contributed by atoms with Crippen LogP contribution < -0.4 is 0 Å². The number of ether oxygens (including phenoxy) is 2. The van der Waals surface area contributed by atoms with Gasteiger partial charge in [0.2, 0.25) is 5.91 Å². The average molecular weight is 459 g/mol. The number of aliphatic hydroxyl groups is 1. The van der Waals surface area contributed by atoms with Gasteiger partial charge in [0.05, 0.1) is 12.0 Å². The highest BCUT2D eigenvalue weighted by atomic mass is 16.6. The molecule has 33 heavy (non-hydrogen) atoms. The molecule has 178 valence electrons. The van der Waals surface area contributed by atoms with Crippen LogP contribution in [-0.2, 0) is 35.1 Å². The molecule has 0 bridgehead atoms. The van der Waals surface area contributed by atoms with Gasteiger partial charge in [-0.05, 0) is 43.9 Å². The molecule has 0 saturated carbocycles. The van der Waals surface area contributed by atoms with E-state index in [1.165, 1.54) is 6.92 Å². The monoisotopic (exact) mass is 459 g/mol. The molecule has 9 nitrogen and oxygen atoms in total. The van der Waals surface area contributed by atoms with Crippen molar-refractivity contribution in [1.29, 1.82) is 0 Å². The lowest BCUT2D eigenvalue weighted by Crippen LogP contribution is -2.48. The van der Waals surface area contributed by atoms with Crippen LogP contribution in [0.1, 0.15) is 38.7 Å². The number of benzene rings is 1. The number of nitrogens with zero attached hydrogens (tertiary/aromatic N) is 1. The molecular formula is C24H29NO8. The van der Waals surface area contributed by atoms with Crippen LogP contribution >= 0.6 is 0 Å². The van der Waals surface area contributed by atoms with Gasteiger partial charge < -0.3 is 14.6 Å². The zero-order valence-electron chi connectivity index (χ0n) is 18.8.